The summed E-state index contributed by atoms with van der Waals surface area (Å²) in [6, 6.07) is 0.787. The van der Waals surface area contributed by atoms with Crippen molar-refractivity contribution in [3.05, 3.63) is 18.1 Å². The van der Waals surface area contributed by atoms with Crippen molar-refractivity contribution in [1.82, 2.24) is 9.97 Å². The molecule has 0 spiro atoms. The van der Waals surface area contributed by atoms with Crippen LogP contribution in [0.1, 0.15) is 17.5 Å². The summed E-state index contributed by atoms with van der Waals surface area (Å²) in [4.78, 5) is 17.4. The standard InChI is InChI=1S/C7H5F3N2O4S/c1-4(13)6-11-3-2-5(12-6)16-17(14,15)7(8,9)10/h2-3H,1H3. The number of carbonyl (C=O) groups excluding carboxylic acids is 1. The summed E-state index contributed by atoms with van der Waals surface area (Å²) in [6.07, 6.45) is 0.908. The maximum absolute atomic E-state index is 12.0. The fourth-order valence-corrected chi connectivity index (χ4v) is 1.13. The van der Waals surface area contributed by atoms with E-state index in [0.29, 0.717) is 0 Å². The van der Waals surface area contributed by atoms with Gasteiger partial charge in [0.05, 0.1) is 0 Å². The predicted molar refractivity (Wildman–Crippen MR) is 47.6 cm³/mol. The van der Waals surface area contributed by atoms with Gasteiger partial charge in [-0.15, -0.1) is 0 Å². The molecule has 1 aromatic rings. The van der Waals surface area contributed by atoms with Crippen molar-refractivity contribution in [2.45, 2.75) is 12.4 Å². The van der Waals surface area contributed by atoms with E-state index >= 15 is 0 Å². The number of ketones is 1. The SMILES string of the molecule is CC(=O)c1nccc(OS(=O)(=O)C(F)(F)F)n1. The van der Waals surface area contributed by atoms with Gasteiger partial charge in [-0.3, -0.25) is 4.79 Å². The van der Waals surface area contributed by atoms with Crippen LogP contribution in [-0.4, -0.2) is 29.7 Å². The Hall–Kier alpha value is -1.71. The summed E-state index contributed by atoms with van der Waals surface area (Å²) in [5.41, 5.74) is -5.56. The van der Waals surface area contributed by atoms with Crippen molar-refractivity contribution < 1.29 is 30.6 Å². The van der Waals surface area contributed by atoms with Crippen LogP contribution in [0.5, 0.6) is 5.88 Å². The molecule has 17 heavy (non-hydrogen) atoms. The molecule has 0 atom stereocenters. The molecule has 0 aliphatic rings. The molecule has 0 saturated heterocycles. The molecule has 0 bridgehead atoms. The predicted octanol–water partition coefficient (Wildman–Crippen LogP) is 0.908. The van der Waals surface area contributed by atoms with Gasteiger partial charge in [-0.2, -0.15) is 26.6 Å². The minimum atomic E-state index is -5.79. The molecule has 0 aromatic carbocycles. The summed E-state index contributed by atoms with van der Waals surface area (Å²) < 4.78 is 60.8. The van der Waals surface area contributed by atoms with E-state index in [0.717, 1.165) is 19.2 Å². The first-order valence-electron chi connectivity index (χ1n) is 3.98. The average Bonchev–Trinajstić information content (AvgIpc) is 2.15. The van der Waals surface area contributed by atoms with Crippen molar-refractivity contribution in [1.29, 1.82) is 0 Å². The molecular weight excluding hydrogens is 265 g/mol. The Morgan fingerprint density at radius 2 is 2.00 bits per heavy atom. The van der Waals surface area contributed by atoms with Crippen molar-refractivity contribution >= 4 is 15.9 Å². The molecule has 6 nitrogen and oxygen atoms in total. The van der Waals surface area contributed by atoms with E-state index < -0.39 is 33.1 Å². The fraction of sp³-hybridized carbons (Fsp3) is 0.286. The Balaban J connectivity index is 3.05. The lowest BCUT2D eigenvalue weighted by Crippen LogP contribution is -2.28. The molecule has 1 rings (SSSR count). The van der Waals surface area contributed by atoms with Crippen LogP contribution in [0.3, 0.4) is 0 Å². The lowest BCUT2D eigenvalue weighted by molar-refractivity contribution is -0.0501. The molecule has 0 N–H and O–H groups in total. The van der Waals surface area contributed by atoms with Crippen molar-refractivity contribution in [2.75, 3.05) is 0 Å². The topological polar surface area (TPSA) is 86.2 Å². The number of halogens is 3. The third-order valence-corrected chi connectivity index (χ3v) is 2.38. The first kappa shape index (κ1) is 13.4. The van der Waals surface area contributed by atoms with E-state index in [4.69, 9.17) is 0 Å². The van der Waals surface area contributed by atoms with Crippen LogP contribution in [0.25, 0.3) is 0 Å². The molecule has 0 saturated carbocycles. The first-order chi connectivity index (χ1) is 7.63. The highest BCUT2D eigenvalue weighted by Crippen LogP contribution is 2.25. The third kappa shape index (κ3) is 3.12. The molecule has 0 fully saturated rings. The van der Waals surface area contributed by atoms with E-state index in [-0.39, 0.29) is 0 Å². The molecule has 10 heteroatoms. The van der Waals surface area contributed by atoms with E-state index in [2.05, 4.69) is 14.2 Å². The fourth-order valence-electron chi connectivity index (χ4n) is 0.718. The third-order valence-electron chi connectivity index (χ3n) is 1.42. The van der Waals surface area contributed by atoms with Gasteiger partial charge in [0.15, 0.2) is 11.6 Å². The second-order valence-corrected chi connectivity index (χ2v) is 4.30. The maximum atomic E-state index is 12.0. The van der Waals surface area contributed by atoms with Crippen LogP contribution >= 0.6 is 0 Å². The van der Waals surface area contributed by atoms with Gasteiger partial charge >= 0.3 is 15.6 Å². The molecule has 0 aliphatic carbocycles. The number of aromatic nitrogens is 2. The van der Waals surface area contributed by atoms with Gasteiger partial charge in [-0.05, 0) is 0 Å². The lowest BCUT2D eigenvalue weighted by atomic mass is 10.4. The van der Waals surface area contributed by atoms with Crippen molar-refractivity contribution in [3.63, 3.8) is 0 Å². The van der Waals surface area contributed by atoms with E-state index in [1.54, 1.807) is 0 Å². The van der Waals surface area contributed by atoms with Crippen molar-refractivity contribution in [2.24, 2.45) is 0 Å². The highest BCUT2D eigenvalue weighted by Gasteiger charge is 2.48. The van der Waals surface area contributed by atoms with Gasteiger partial charge in [-0.25, -0.2) is 4.98 Å². The van der Waals surface area contributed by atoms with Gasteiger partial charge in [-0.1, -0.05) is 0 Å². The Morgan fingerprint density at radius 3 is 2.47 bits per heavy atom. The second kappa shape index (κ2) is 4.28. The number of hydrogen-bond acceptors (Lipinski definition) is 6. The molecule has 1 aromatic heterocycles. The first-order valence-corrected chi connectivity index (χ1v) is 5.39. The number of nitrogens with zero attached hydrogens (tertiary/aromatic N) is 2. The molecule has 0 amide bonds. The van der Waals surface area contributed by atoms with Gasteiger partial charge in [0, 0.05) is 19.2 Å². The van der Waals surface area contributed by atoms with Crippen LogP contribution in [0, 0.1) is 0 Å². The molecule has 0 aliphatic heterocycles. The Morgan fingerprint density at radius 1 is 1.41 bits per heavy atom. The highest BCUT2D eigenvalue weighted by atomic mass is 32.2. The zero-order valence-electron chi connectivity index (χ0n) is 8.22. The number of alkyl halides is 3. The Labute approximate surface area is 93.6 Å². The van der Waals surface area contributed by atoms with E-state index in [1.807, 2.05) is 0 Å². The van der Waals surface area contributed by atoms with E-state index in [9.17, 15) is 26.4 Å². The number of carbonyl (C=O) groups is 1. The van der Waals surface area contributed by atoms with Crippen molar-refractivity contribution in [3.8, 4) is 5.88 Å². The van der Waals surface area contributed by atoms with Crippen LogP contribution < -0.4 is 4.18 Å². The minimum Gasteiger partial charge on any atom is -0.355 e. The molecular formula is C7H5F3N2O4S. The summed E-state index contributed by atoms with van der Waals surface area (Å²) in [6.45, 7) is 1.07. The average molecular weight is 270 g/mol. The molecule has 94 valence electrons. The Bertz CT molecular complexity index is 540. The van der Waals surface area contributed by atoms with Crippen LogP contribution in [0.2, 0.25) is 0 Å². The summed E-state index contributed by atoms with van der Waals surface area (Å²) in [5, 5.41) is 0. The largest absolute Gasteiger partial charge is 0.534 e. The zero-order valence-corrected chi connectivity index (χ0v) is 9.04. The normalized spacial score (nSPS) is 12.2. The summed E-state index contributed by atoms with van der Waals surface area (Å²) >= 11 is 0. The van der Waals surface area contributed by atoms with Crippen LogP contribution in [0.15, 0.2) is 12.3 Å². The van der Waals surface area contributed by atoms with Gasteiger partial charge < -0.3 is 4.18 Å². The van der Waals surface area contributed by atoms with Gasteiger partial charge in [0.2, 0.25) is 5.88 Å². The highest BCUT2D eigenvalue weighted by molar-refractivity contribution is 7.87. The quantitative estimate of drug-likeness (QED) is 0.461. The molecule has 1 heterocycles. The lowest BCUT2D eigenvalue weighted by Gasteiger charge is -2.08. The second-order valence-electron chi connectivity index (χ2n) is 2.76. The smallest absolute Gasteiger partial charge is 0.355 e. The number of hydrogen-bond donors (Lipinski definition) is 0. The van der Waals surface area contributed by atoms with Crippen LogP contribution in [0.4, 0.5) is 13.2 Å². The van der Waals surface area contributed by atoms with Gasteiger partial charge in [0.25, 0.3) is 0 Å². The molecule has 0 unspecified atom stereocenters. The summed E-state index contributed by atoms with van der Waals surface area (Å²) in [5.74, 6) is -1.96. The number of Topliss-reactive ketones (excluding diaryl/α,β-unsaturated/α-hetero) is 1. The van der Waals surface area contributed by atoms with E-state index in [1.165, 1.54) is 0 Å². The molecule has 0 radical (unpaired) electrons. The van der Waals surface area contributed by atoms with Crippen LogP contribution in [-0.2, 0) is 10.1 Å². The maximum Gasteiger partial charge on any atom is 0.534 e. The monoisotopic (exact) mass is 270 g/mol. The zero-order chi connectivity index (χ0) is 13.3. The Kier molecular flexibility index (Phi) is 3.36. The number of rotatable bonds is 3. The minimum absolute atomic E-state index is 0.445. The van der Waals surface area contributed by atoms with Gasteiger partial charge in [0.1, 0.15) is 0 Å². The summed E-state index contributed by atoms with van der Waals surface area (Å²) in [7, 11) is -5.79.